The molecule has 4 nitrogen and oxygen atoms in total. The first-order valence-corrected chi connectivity index (χ1v) is 9.22. The van der Waals surface area contributed by atoms with Crippen LogP contribution in [-0.2, 0) is 14.3 Å². The van der Waals surface area contributed by atoms with Crippen LogP contribution in [0.4, 0.5) is 0 Å². The van der Waals surface area contributed by atoms with Gasteiger partial charge in [-0.3, -0.25) is 9.59 Å². The zero-order valence-electron chi connectivity index (χ0n) is 15.9. The van der Waals surface area contributed by atoms with E-state index in [9.17, 15) is 14.7 Å². The summed E-state index contributed by atoms with van der Waals surface area (Å²) in [5, 5.41) is 9.33. The maximum atomic E-state index is 12.5. The minimum absolute atomic E-state index is 0.111. The molecule has 0 aromatic heterocycles. The van der Waals surface area contributed by atoms with Gasteiger partial charge in [-0.15, -0.1) is 0 Å². The molecule has 0 saturated carbocycles. The van der Waals surface area contributed by atoms with Crippen LogP contribution in [0, 0.1) is 23.2 Å². The summed E-state index contributed by atoms with van der Waals surface area (Å²) >= 11 is 0. The van der Waals surface area contributed by atoms with Crippen molar-refractivity contribution < 1.29 is 19.4 Å². The van der Waals surface area contributed by atoms with Gasteiger partial charge in [-0.25, -0.2) is 0 Å². The van der Waals surface area contributed by atoms with Crippen molar-refractivity contribution in [2.24, 2.45) is 23.2 Å². The molecule has 1 aliphatic rings. The van der Waals surface area contributed by atoms with Crippen LogP contribution in [0.2, 0.25) is 0 Å². The van der Waals surface area contributed by atoms with E-state index in [1.54, 1.807) is 0 Å². The van der Waals surface area contributed by atoms with E-state index < -0.39 is 17.8 Å². The molecule has 1 rings (SSSR count). The third-order valence-corrected chi connectivity index (χ3v) is 4.57. The van der Waals surface area contributed by atoms with Crippen molar-refractivity contribution in [2.75, 3.05) is 0 Å². The number of allylic oxidation sites excluding steroid dienone is 2. The molecule has 4 heteroatoms. The van der Waals surface area contributed by atoms with E-state index in [4.69, 9.17) is 4.74 Å². The lowest BCUT2D eigenvalue weighted by atomic mass is 9.82. The zero-order chi connectivity index (χ0) is 18.3. The van der Waals surface area contributed by atoms with Crippen molar-refractivity contribution in [3.63, 3.8) is 0 Å². The molecule has 0 fully saturated rings. The van der Waals surface area contributed by atoms with Crippen molar-refractivity contribution in [1.29, 1.82) is 0 Å². The third kappa shape index (κ3) is 7.06. The van der Waals surface area contributed by atoms with E-state index in [1.807, 2.05) is 12.2 Å². The van der Waals surface area contributed by atoms with Crippen LogP contribution in [0.25, 0.3) is 0 Å². The van der Waals surface area contributed by atoms with Crippen LogP contribution < -0.4 is 0 Å². The summed E-state index contributed by atoms with van der Waals surface area (Å²) < 4.78 is 5.76. The lowest BCUT2D eigenvalue weighted by Gasteiger charge is -2.29. The Labute approximate surface area is 146 Å². The number of hydrogen-bond acceptors (Lipinski definition) is 3. The fourth-order valence-corrected chi connectivity index (χ4v) is 3.72. The first kappa shape index (κ1) is 20.7. The maximum Gasteiger partial charge on any atom is 0.310 e. The smallest absolute Gasteiger partial charge is 0.310 e. The molecule has 138 valence electrons. The van der Waals surface area contributed by atoms with Crippen LogP contribution in [0.5, 0.6) is 0 Å². The summed E-state index contributed by atoms with van der Waals surface area (Å²) in [6.45, 7) is 10.9. The van der Waals surface area contributed by atoms with E-state index in [0.29, 0.717) is 18.8 Å². The van der Waals surface area contributed by atoms with Crippen molar-refractivity contribution in [3.05, 3.63) is 12.2 Å². The highest BCUT2D eigenvalue weighted by molar-refractivity contribution is 5.81. The second-order valence-electron chi connectivity index (χ2n) is 8.45. The molecule has 0 spiro atoms. The summed E-state index contributed by atoms with van der Waals surface area (Å²) in [7, 11) is 0. The Morgan fingerprint density at radius 1 is 1.21 bits per heavy atom. The topological polar surface area (TPSA) is 63.6 Å². The van der Waals surface area contributed by atoms with Crippen LogP contribution in [0.3, 0.4) is 0 Å². The van der Waals surface area contributed by atoms with Gasteiger partial charge in [-0.05, 0) is 43.4 Å². The summed E-state index contributed by atoms with van der Waals surface area (Å²) in [6, 6.07) is 0. The number of carboxylic acids is 1. The number of esters is 1. The van der Waals surface area contributed by atoms with Crippen molar-refractivity contribution in [2.45, 2.75) is 79.2 Å². The molecule has 0 amide bonds. The van der Waals surface area contributed by atoms with E-state index in [1.165, 1.54) is 0 Å². The molecule has 1 N–H and O–H groups in total. The molecule has 4 unspecified atom stereocenters. The predicted octanol–water partition coefficient (Wildman–Crippen LogP) is 4.83. The normalized spacial score (nSPS) is 23.5. The van der Waals surface area contributed by atoms with Gasteiger partial charge in [-0.1, -0.05) is 53.2 Å². The van der Waals surface area contributed by atoms with Gasteiger partial charge in [0, 0.05) is 0 Å². The Bertz CT molecular complexity index is 447. The lowest BCUT2D eigenvalue weighted by molar-refractivity contribution is -0.163. The Morgan fingerprint density at radius 2 is 1.79 bits per heavy atom. The number of aliphatic carboxylic acids is 1. The molecule has 0 saturated heterocycles. The Morgan fingerprint density at radius 3 is 2.29 bits per heavy atom. The fraction of sp³-hybridized carbons (Fsp3) is 0.800. The SMILES string of the molecule is CCCC(CC(C)CC(C)(C)C)OC(=O)C1CC=CCC1C(=O)O. The Hall–Kier alpha value is -1.32. The molecule has 4 atom stereocenters. The van der Waals surface area contributed by atoms with E-state index in [-0.39, 0.29) is 17.5 Å². The first-order chi connectivity index (χ1) is 11.1. The zero-order valence-corrected chi connectivity index (χ0v) is 15.9. The van der Waals surface area contributed by atoms with Crippen molar-refractivity contribution in [3.8, 4) is 0 Å². The average molecular weight is 338 g/mol. The first-order valence-electron chi connectivity index (χ1n) is 9.22. The average Bonchev–Trinajstić information content (AvgIpc) is 2.45. The number of hydrogen-bond donors (Lipinski definition) is 1. The van der Waals surface area contributed by atoms with E-state index in [0.717, 1.165) is 25.7 Å². The van der Waals surface area contributed by atoms with Crippen molar-refractivity contribution in [1.82, 2.24) is 0 Å². The van der Waals surface area contributed by atoms with Gasteiger partial charge in [0.25, 0.3) is 0 Å². The molecular weight excluding hydrogens is 304 g/mol. The minimum atomic E-state index is -0.908. The second kappa shape index (κ2) is 9.24. The quantitative estimate of drug-likeness (QED) is 0.509. The number of carboxylic acid groups (broad SMARTS) is 1. The van der Waals surface area contributed by atoms with E-state index >= 15 is 0 Å². The second-order valence-corrected chi connectivity index (χ2v) is 8.45. The van der Waals surface area contributed by atoms with Crippen LogP contribution >= 0.6 is 0 Å². The van der Waals surface area contributed by atoms with Gasteiger partial charge in [0.2, 0.25) is 0 Å². The minimum Gasteiger partial charge on any atom is -0.481 e. The van der Waals surface area contributed by atoms with E-state index in [2.05, 4.69) is 34.6 Å². The Kier molecular flexibility index (Phi) is 7.98. The van der Waals surface area contributed by atoms with Crippen LogP contribution in [0.1, 0.15) is 73.1 Å². The molecule has 0 aromatic rings. The molecular formula is C20H34O4. The van der Waals surface area contributed by atoms with Gasteiger partial charge in [0.05, 0.1) is 11.8 Å². The van der Waals surface area contributed by atoms with Crippen LogP contribution in [0.15, 0.2) is 12.2 Å². The third-order valence-electron chi connectivity index (χ3n) is 4.57. The monoisotopic (exact) mass is 338 g/mol. The fourth-order valence-electron chi connectivity index (χ4n) is 3.72. The molecule has 1 aliphatic carbocycles. The van der Waals surface area contributed by atoms with Crippen LogP contribution in [-0.4, -0.2) is 23.1 Å². The van der Waals surface area contributed by atoms with Crippen molar-refractivity contribution >= 4 is 11.9 Å². The number of carbonyl (C=O) groups is 2. The number of carbonyl (C=O) groups excluding carboxylic acids is 1. The highest BCUT2D eigenvalue weighted by atomic mass is 16.5. The lowest BCUT2D eigenvalue weighted by Crippen LogP contribution is -2.35. The highest BCUT2D eigenvalue weighted by Crippen LogP contribution is 2.31. The summed E-state index contributed by atoms with van der Waals surface area (Å²) in [6.07, 6.45) is 8.21. The summed E-state index contributed by atoms with van der Waals surface area (Å²) in [5.41, 5.74) is 0.253. The van der Waals surface area contributed by atoms with Gasteiger partial charge in [-0.2, -0.15) is 0 Å². The highest BCUT2D eigenvalue weighted by Gasteiger charge is 2.36. The molecule has 24 heavy (non-hydrogen) atoms. The van der Waals surface area contributed by atoms with Gasteiger partial charge < -0.3 is 9.84 Å². The molecule has 0 bridgehead atoms. The largest absolute Gasteiger partial charge is 0.481 e. The molecule has 0 heterocycles. The van der Waals surface area contributed by atoms with Gasteiger partial charge >= 0.3 is 11.9 Å². The number of rotatable bonds is 8. The standard InChI is InChI=1S/C20H34O4/c1-6-9-15(12-14(2)13-20(3,4)5)24-19(23)17-11-8-7-10-16(17)18(21)22/h7-8,14-17H,6,9-13H2,1-5H3,(H,21,22). The predicted molar refractivity (Wildman–Crippen MR) is 95.6 cm³/mol. The van der Waals surface area contributed by atoms with Gasteiger partial charge in [0.15, 0.2) is 0 Å². The number of ether oxygens (including phenoxy) is 1. The molecule has 0 aromatic carbocycles. The molecule has 0 aliphatic heterocycles. The summed E-state index contributed by atoms with van der Waals surface area (Å²) in [5.74, 6) is -1.99. The maximum absolute atomic E-state index is 12.5. The summed E-state index contributed by atoms with van der Waals surface area (Å²) in [4.78, 5) is 23.9. The van der Waals surface area contributed by atoms with Gasteiger partial charge in [0.1, 0.15) is 6.10 Å². The molecule has 0 radical (unpaired) electrons. The Balaban J connectivity index is 2.67.